The number of rotatable bonds is 9. The number of aromatic amines is 1. The molecule has 0 aliphatic heterocycles. The molecule has 1 atom stereocenters. The SMILES string of the molecule is C=C(C)C(=O)OC.CC/C=C(\C)N=C(CC)C(F)(F)F.CCCCc1c([C@@H](C)c2ccc(C)c(F)c2F)[nH]c2ccc(Cl)cc12. The number of hydrogen-bond donors (Lipinski definition) is 1. The Morgan fingerprint density at radius 1 is 1.11 bits per heavy atom. The van der Waals surface area contributed by atoms with Crippen molar-refractivity contribution in [3.63, 3.8) is 0 Å². The Kier molecular flexibility index (Phi) is 16.3. The molecule has 0 unspecified atom stereocenters. The van der Waals surface area contributed by atoms with Gasteiger partial charge in [0.15, 0.2) is 11.6 Å². The van der Waals surface area contributed by atoms with Gasteiger partial charge in [0.25, 0.3) is 0 Å². The standard InChI is InChI=1S/C21H22ClF2N.C9H14F3N.C5H8O2/c1-4-5-6-16-17-11-14(22)8-10-18(17)25-21(16)13(3)15-9-7-12(2)19(23)20(15)24;1-4-6-7(3)13-8(5-2)9(10,11)12;1-4(2)5(6)7-3/h7-11,13,25H,4-6H2,1-3H3;6H,4-5H2,1-3H3;1H2,2-3H3/b;7-6+,13-8?;/t13-;;/m0../s1. The first kappa shape index (κ1) is 39.6. The van der Waals surface area contributed by atoms with Gasteiger partial charge in [0, 0.05) is 38.8 Å². The van der Waals surface area contributed by atoms with Gasteiger partial charge in [0.1, 0.15) is 5.71 Å². The van der Waals surface area contributed by atoms with Crippen molar-refractivity contribution in [2.45, 2.75) is 92.7 Å². The molecule has 3 rings (SSSR count). The number of alkyl halides is 3. The molecule has 0 amide bonds. The predicted molar refractivity (Wildman–Crippen MR) is 175 cm³/mol. The second kappa shape index (κ2) is 18.5. The molecule has 0 saturated carbocycles. The maximum atomic E-state index is 14.5. The van der Waals surface area contributed by atoms with Gasteiger partial charge < -0.3 is 9.72 Å². The largest absolute Gasteiger partial charge is 0.466 e. The van der Waals surface area contributed by atoms with E-state index < -0.39 is 23.5 Å². The normalized spacial score (nSPS) is 12.6. The summed E-state index contributed by atoms with van der Waals surface area (Å²) in [4.78, 5) is 17.1. The molecule has 0 bridgehead atoms. The zero-order valence-corrected chi connectivity index (χ0v) is 28.1. The molecule has 1 aromatic heterocycles. The number of nitrogens with zero attached hydrogens (tertiary/aromatic N) is 1. The molecule has 4 nitrogen and oxygen atoms in total. The number of aromatic nitrogens is 1. The van der Waals surface area contributed by atoms with Gasteiger partial charge in [-0.1, -0.05) is 70.5 Å². The number of esters is 1. The van der Waals surface area contributed by atoms with E-state index in [1.54, 1.807) is 39.0 Å². The van der Waals surface area contributed by atoms with Crippen molar-refractivity contribution in [1.82, 2.24) is 4.98 Å². The Hall–Kier alpha value is -3.46. The number of allylic oxidation sites excluding steroid dienone is 2. The van der Waals surface area contributed by atoms with Crippen LogP contribution >= 0.6 is 11.6 Å². The topological polar surface area (TPSA) is 54.4 Å². The van der Waals surface area contributed by atoms with Crippen LogP contribution in [0.5, 0.6) is 0 Å². The highest BCUT2D eigenvalue weighted by atomic mass is 35.5. The fourth-order valence-corrected chi connectivity index (χ4v) is 4.63. The lowest BCUT2D eigenvalue weighted by Crippen LogP contribution is -2.22. The lowest BCUT2D eigenvalue weighted by molar-refractivity contribution is -0.136. The van der Waals surface area contributed by atoms with Crippen LogP contribution in [0, 0.1) is 18.6 Å². The van der Waals surface area contributed by atoms with Gasteiger partial charge in [-0.25, -0.2) is 13.6 Å². The first-order chi connectivity index (χ1) is 21.0. The van der Waals surface area contributed by atoms with Crippen LogP contribution in [0.2, 0.25) is 5.02 Å². The molecule has 0 aliphatic rings. The molecular formula is C35H44ClF5N2O2. The van der Waals surface area contributed by atoms with E-state index in [1.807, 2.05) is 32.0 Å². The van der Waals surface area contributed by atoms with Crippen molar-refractivity contribution in [2.24, 2.45) is 4.99 Å². The predicted octanol–water partition coefficient (Wildman–Crippen LogP) is 11.4. The molecule has 45 heavy (non-hydrogen) atoms. The summed E-state index contributed by atoms with van der Waals surface area (Å²) in [5.74, 6) is -2.14. The molecule has 0 spiro atoms. The van der Waals surface area contributed by atoms with Crippen LogP contribution in [0.4, 0.5) is 22.0 Å². The second-order valence-corrected chi connectivity index (χ2v) is 11.0. The van der Waals surface area contributed by atoms with E-state index in [0.717, 1.165) is 41.4 Å². The minimum Gasteiger partial charge on any atom is -0.466 e. The van der Waals surface area contributed by atoms with Crippen LogP contribution in [0.3, 0.4) is 0 Å². The maximum Gasteiger partial charge on any atom is 0.429 e. The van der Waals surface area contributed by atoms with Gasteiger partial charge in [0.2, 0.25) is 0 Å². The number of carbonyl (C=O) groups excluding carboxylic acids is 1. The Balaban J connectivity index is 0.000000424. The minimum absolute atomic E-state index is 0.0849. The average Bonchev–Trinajstić information content (AvgIpc) is 3.34. The minimum atomic E-state index is -4.29. The zero-order valence-electron chi connectivity index (χ0n) is 27.3. The third kappa shape index (κ3) is 11.8. The van der Waals surface area contributed by atoms with Gasteiger partial charge in [-0.2, -0.15) is 13.2 Å². The van der Waals surface area contributed by atoms with E-state index in [9.17, 15) is 26.7 Å². The number of hydrogen-bond acceptors (Lipinski definition) is 3. The summed E-state index contributed by atoms with van der Waals surface area (Å²) in [6.07, 6.45) is 0.965. The van der Waals surface area contributed by atoms with E-state index in [0.29, 0.717) is 33.8 Å². The van der Waals surface area contributed by atoms with E-state index >= 15 is 0 Å². The summed E-state index contributed by atoms with van der Waals surface area (Å²) in [5, 5.41) is 1.74. The molecule has 0 aliphatic carbocycles. The van der Waals surface area contributed by atoms with Crippen molar-refractivity contribution in [3.8, 4) is 0 Å². The number of nitrogens with one attached hydrogen (secondary N) is 1. The number of aryl methyl sites for hydroxylation is 2. The molecule has 1 N–H and O–H groups in total. The number of benzene rings is 2. The number of halogens is 6. The summed E-state index contributed by atoms with van der Waals surface area (Å²) < 4.78 is 69.3. The third-order valence-corrected chi connectivity index (χ3v) is 7.13. The first-order valence-corrected chi connectivity index (χ1v) is 15.2. The van der Waals surface area contributed by atoms with Gasteiger partial charge in [0.05, 0.1) is 7.11 Å². The molecule has 1 heterocycles. The van der Waals surface area contributed by atoms with Crippen LogP contribution in [0.15, 0.2) is 59.2 Å². The Morgan fingerprint density at radius 3 is 2.24 bits per heavy atom. The van der Waals surface area contributed by atoms with E-state index in [1.165, 1.54) is 14.0 Å². The van der Waals surface area contributed by atoms with Gasteiger partial charge >= 0.3 is 12.1 Å². The first-order valence-electron chi connectivity index (χ1n) is 14.8. The van der Waals surface area contributed by atoms with Crippen molar-refractivity contribution in [3.05, 3.63) is 93.3 Å². The number of carbonyl (C=O) groups is 1. The number of unbranched alkanes of at least 4 members (excludes halogenated alkanes) is 1. The Bertz CT molecular complexity index is 1510. The molecule has 3 aromatic rings. The monoisotopic (exact) mass is 654 g/mol. The van der Waals surface area contributed by atoms with Crippen molar-refractivity contribution in [2.75, 3.05) is 7.11 Å². The van der Waals surface area contributed by atoms with Crippen molar-refractivity contribution in [1.29, 1.82) is 0 Å². The molecule has 0 saturated heterocycles. The zero-order chi connectivity index (χ0) is 34.5. The fraction of sp³-hybridized carbons (Fsp3) is 0.429. The number of fused-ring (bicyclic) bond motifs is 1. The number of aliphatic imine (C=N–C) groups is 1. The number of methoxy groups -OCH3 is 1. The fourth-order valence-electron chi connectivity index (χ4n) is 4.46. The third-order valence-electron chi connectivity index (χ3n) is 6.89. The molecular weight excluding hydrogens is 611 g/mol. The molecule has 2 aromatic carbocycles. The van der Waals surface area contributed by atoms with E-state index in [4.69, 9.17) is 11.6 Å². The number of H-pyrrole nitrogens is 1. The maximum absolute atomic E-state index is 14.5. The summed E-state index contributed by atoms with van der Waals surface area (Å²) >= 11 is 6.17. The lowest BCUT2D eigenvalue weighted by atomic mass is 9.91. The van der Waals surface area contributed by atoms with Crippen LogP contribution in [0.25, 0.3) is 10.9 Å². The second-order valence-electron chi connectivity index (χ2n) is 10.6. The Morgan fingerprint density at radius 2 is 1.76 bits per heavy atom. The summed E-state index contributed by atoms with van der Waals surface area (Å²) in [7, 11) is 1.33. The summed E-state index contributed by atoms with van der Waals surface area (Å²) in [5.41, 5.74) is 3.90. The van der Waals surface area contributed by atoms with Gasteiger partial charge in [-0.15, -0.1) is 0 Å². The van der Waals surface area contributed by atoms with Gasteiger partial charge in [-0.3, -0.25) is 4.99 Å². The molecule has 10 heteroatoms. The highest BCUT2D eigenvalue weighted by molar-refractivity contribution is 6.31. The van der Waals surface area contributed by atoms with E-state index in [-0.39, 0.29) is 18.3 Å². The number of ether oxygens (including phenoxy) is 1. The molecule has 0 fully saturated rings. The highest BCUT2D eigenvalue weighted by Gasteiger charge is 2.34. The van der Waals surface area contributed by atoms with Crippen molar-refractivity contribution < 1.29 is 31.5 Å². The lowest BCUT2D eigenvalue weighted by Gasteiger charge is -2.15. The van der Waals surface area contributed by atoms with Crippen LogP contribution in [0.1, 0.15) is 95.5 Å². The van der Waals surface area contributed by atoms with Gasteiger partial charge in [-0.05, 0) is 81.3 Å². The van der Waals surface area contributed by atoms with Crippen LogP contribution in [-0.4, -0.2) is 30.0 Å². The van der Waals surface area contributed by atoms with Crippen LogP contribution < -0.4 is 0 Å². The summed E-state index contributed by atoms with van der Waals surface area (Å²) in [6.45, 7) is 15.5. The molecule has 0 radical (unpaired) electrons. The average molecular weight is 655 g/mol. The van der Waals surface area contributed by atoms with E-state index in [2.05, 4.69) is 28.2 Å². The quantitative estimate of drug-likeness (QED) is 0.108. The smallest absolute Gasteiger partial charge is 0.429 e. The Labute approximate surface area is 268 Å². The van der Waals surface area contributed by atoms with Crippen LogP contribution in [-0.2, 0) is 16.0 Å². The molecule has 248 valence electrons. The highest BCUT2D eigenvalue weighted by Crippen LogP contribution is 2.35. The van der Waals surface area contributed by atoms with Crippen molar-refractivity contribution >= 4 is 34.2 Å². The summed E-state index contributed by atoms with van der Waals surface area (Å²) in [6, 6.07) is 9.04.